The van der Waals surface area contributed by atoms with Gasteiger partial charge in [-0.05, 0) is 50.5 Å². The Hall–Kier alpha value is -2.17. The molecule has 33 heavy (non-hydrogen) atoms. The predicted octanol–water partition coefficient (Wildman–Crippen LogP) is 2.28. The Morgan fingerprint density at radius 1 is 0.879 bits per heavy atom. The third kappa shape index (κ3) is 5.50. The van der Waals surface area contributed by atoms with Gasteiger partial charge in [0.2, 0.25) is 10.0 Å². The molecule has 2 heterocycles. The van der Waals surface area contributed by atoms with Crippen molar-refractivity contribution in [1.29, 1.82) is 0 Å². The van der Waals surface area contributed by atoms with E-state index in [9.17, 15) is 13.2 Å². The summed E-state index contributed by atoms with van der Waals surface area (Å²) >= 11 is 6.22. The summed E-state index contributed by atoms with van der Waals surface area (Å²) in [7, 11) is 0.403. The van der Waals surface area contributed by atoms with Crippen molar-refractivity contribution in [3.05, 3.63) is 53.1 Å². The summed E-state index contributed by atoms with van der Waals surface area (Å²) in [5.74, 6) is -0.372. The lowest BCUT2D eigenvalue weighted by Crippen LogP contribution is -2.47. The molecule has 1 N–H and O–H groups in total. The average Bonchev–Trinajstić information content (AvgIpc) is 2.80. The van der Waals surface area contributed by atoms with Gasteiger partial charge in [0.15, 0.2) is 0 Å². The zero-order chi connectivity index (χ0) is 23.6. The molecular weight excluding hydrogens is 462 g/mol. The summed E-state index contributed by atoms with van der Waals surface area (Å²) < 4.78 is 27.7. The van der Waals surface area contributed by atoms with Gasteiger partial charge in [-0.15, -0.1) is 0 Å². The summed E-state index contributed by atoms with van der Waals surface area (Å²) in [6.45, 7) is 5.80. The zero-order valence-corrected chi connectivity index (χ0v) is 20.6. The van der Waals surface area contributed by atoms with Gasteiger partial charge in [0.1, 0.15) is 0 Å². The number of amides is 1. The number of piperazine rings is 2. The van der Waals surface area contributed by atoms with Gasteiger partial charge >= 0.3 is 0 Å². The number of carbonyl (C=O) groups excluding carboxylic acids is 1. The smallest absolute Gasteiger partial charge is 0.255 e. The standard InChI is InChI=1S/C23H30ClN5O3S/c1-26-8-12-28(13-9-26)22-7-6-19(24)17-21(22)25-23(30)18-4-3-5-20(16-18)33(31,32)29-14-10-27(2)11-15-29/h3-7,16-17H,8-15H2,1-2H3,(H,25,30). The van der Waals surface area contributed by atoms with Crippen LogP contribution >= 0.6 is 11.6 Å². The molecule has 0 spiro atoms. The van der Waals surface area contributed by atoms with E-state index in [1.807, 2.05) is 19.2 Å². The number of sulfonamides is 1. The van der Waals surface area contributed by atoms with Crippen molar-refractivity contribution in [2.45, 2.75) is 4.90 Å². The third-order valence-electron chi connectivity index (χ3n) is 6.25. The maximum atomic E-state index is 13.1. The van der Waals surface area contributed by atoms with Crippen LogP contribution in [0.2, 0.25) is 5.02 Å². The van der Waals surface area contributed by atoms with Gasteiger partial charge in [0.25, 0.3) is 5.91 Å². The van der Waals surface area contributed by atoms with Crippen molar-refractivity contribution in [1.82, 2.24) is 14.1 Å². The monoisotopic (exact) mass is 491 g/mol. The Labute approximate surface area is 200 Å². The van der Waals surface area contributed by atoms with E-state index in [-0.39, 0.29) is 16.4 Å². The van der Waals surface area contributed by atoms with Gasteiger partial charge in [-0.1, -0.05) is 17.7 Å². The number of halogens is 1. The topological polar surface area (TPSA) is 76.2 Å². The molecule has 0 saturated carbocycles. The minimum Gasteiger partial charge on any atom is -0.367 e. The van der Waals surface area contributed by atoms with Gasteiger partial charge in [-0.2, -0.15) is 4.31 Å². The largest absolute Gasteiger partial charge is 0.367 e. The molecule has 0 bridgehead atoms. The molecule has 2 aliphatic rings. The SMILES string of the molecule is CN1CCN(c2ccc(Cl)cc2NC(=O)c2cccc(S(=O)(=O)N3CCN(C)CC3)c2)CC1. The van der Waals surface area contributed by atoms with Crippen LogP contribution in [0.1, 0.15) is 10.4 Å². The van der Waals surface area contributed by atoms with Gasteiger partial charge in [-0.25, -0.2) is 8.42 Å². The van der Waals surface area contributed by atoms with Gasteiger partial charge < -0.3 is 20.0 Å². The van der Waals surface area contributed by atoms with Crippen molar-refractivity contribution in [3.63, 3.8) is 0 Å². The molecule has 0 radical (unpaired) electrons. The fraction of sp³-hybridized carbons (Fsp3) is 0.435. The molecule has 178 valence electrons. The molecule has 0 atom stereocenters. The maximum absolute atomic E-state index is 13.1. The van der Waals surface area contributed by atoms with Crippen molar-refractivity contribution in [2.24, 2.45) is 0 Å². The van der Waals surface area contributed by atoms with Crippen LogP contribution in [0.4, 0.5) is 11.4 Å². The average molecular weight is 492 g/mol. The Morgan fingerprint density at radius 2 is 1.52 bits per heavy atom. The number of nitrogens with one attached hydrogen (secondary N) is 1. The van der Waals surface area contributed by atoms with Crippen molar-refractivity contribution >= 4 is 38.9 Å². The normalized spacial score (nSPS) is 18.9. The molecule has 2 aliphatic heterocycles. The van der Waals surface area contributed by atoms with E-state index in [0.29, 0.717) is 36.9 Å². The summed E-state index contributed by atoms with van der Waals surface area (Å²) in [5, 5.41) is 3.47. The quantitative estimate of drug-likeness (QED) is 0.691. The molecule has 0 aliphatic carbocycles. The van der Waals surface area contributed by atoms with E-state index in [1.54, 1.807) is 24.3 Å². The van der Waals surface area contributed by atoms with Crippen LogP contribution in [0.15, 0.2) is 47.4 Å². The van der Waals surface area contributed by atoms with E-state index in [1.165, 1.54) is 10.4 Å². The highest BCUT2D eigenvalue weighted by molar-refractivity contribution is 7.89. The van der Waals surface area contributed by atoms with E-state index in [2.05, 4.69) is 27.1 Å². The lowest BCUT2D eigenvalue weighted by Gasteiger charge is -2.35. The maximum Gasteiger partial charge on any atom is 0.255 e. The summed E-state index contributed by atoms with van der Waals surface area (Å²) in [6.07, 6.45) is 0. The fourth-order valence-electron chi connectivity index (χ4n) is 4.10. The molecule has 10 heteroatoms. The second-order valence-corrected chi connectivity index (χ2v) is 11.0. The van der Waals surface area contributed by atoms with Crippen LogP contribution in [0.5, 0.6) is 0 Å². The molecule has 2 aromatic carbocycles. The van der Waals surface area contributed by atoms with E-state index < -0.39 is 10.0 Å². The Balaban J connectivity index is 1.55. The van der Waals surface area contributed by atoms with Gasteiger partial charge in [0, 0.05) is 62.9 Å². The van der Waals surface area contributed by atoms with E-state index in [4.69, 9.17) is 11.6 Å². The number of carbonyl (C=O) groups is 1. The summed E-state index contributed by atoms with van der Waals surface area (Å²) in [5.41, 5.74) is 1.81. The number of likely N-dealkylation sites (N-methyl/N-ethyl adjacent to an activating group) is 2. The zero-order valence-electron chi connectivity index (χ0n) is 19.0. The molecule has 4 rings (SSSR count). The van der Waals surface area contributed by atoms with Gasteiger partial charge in [-0.3, -0.25) is 4.79 Å². The van der Waals surface area contributed by atoms with Crippen molar-refractivity contribution in [3.8, 4) is 0 Å². The number of hydrogen-bond acceptors (Lipinski definition) is 6. The van der Waals surface area contributed by atoms with Crippen LogP contribution in [0.25, 0.3) is 0 Å². The Bertz CT molecular complexity index is 1110. The number of rotatable bonds is 5. The van der Waals surface area contributed by atoms with Crippen LogP contribution in [0, 0.1) is 0 Å². The first-order valence-corrected chi connectivity index (χ1v) is 12.9. The predicted molar refractivity (Wildman–Crippen MR) is 132 cm³/mol. The molecule has 0 aromatic heterocycles. The van der Waals surface area contributed by atoms with Crippen LogP contribution in [-0.4, -0.2) is 94.9 Å². The fourth-order valence-corrected chi connectivity index (χ4v) is 5.74. The highest BCUT2D eigenvalue weighted by Gasteiger charge is 2.28. The molecular formula is C23H30ClN5O3S. The lowest BCUT2D eigenvalue weighted by molar-refractivity contribution is 0.102. The second kappa shape index (κ2) is 9.99. The van der Waals surface area contributed by atoms with Crippen molar-refractivity contribution in [2.75, 3.05) is 76.7 Å². The number of hydrogen-bond donors (Lipinski definition) is 1. The molecule has 2 saturated heterocycles. The van der Waals surface area contributed by atoms with Gasteiger partial charge in [0.05, 0.1) is 16.3 Å². The molecule has 2 fully saturated rings. The highest BCUT2D eigenvalue weighted by atomic mass is 35.5. The third-order valence-corrected chi connectivity index (χ3v) is 8.38. The first-order valence-electron chi connectivity index (χ1n) is 11.1. The lowest BCUT2D eigenvalue weighted by atomic mass is 10.1. The second-order valence-electron chi connectivity index (χ2n) is 8.64. The first-order chi connectivity index (χ1) is 15.7. The molecule has 1 amide bonds. The minimum atomic E-state index is -3.66. The van der Waals surface area contributed by atoms with Crippen LogP contribution in [-0.2, 0) is 10.0 Å². The molecule has 0 unspecified atom stereocenters. The highest BCUT2D eigenvalue weighted by Crippen LogP contribution is 2.30. The summed E-state index contributed by atoms with van der Waals surface area (Å²) in [4.78, 5) is 19.8. The number of benzene rings is 2. The Kier molecular flexibility index (Phi) is 7.25. The van der Waals surface area contributed by atoms with Crippen molar-refractivity contribution < 1.29 is 13.2 Å². The van der Waals surface area contributed by atoms with Crippen LogP contribution in [0.3, 0.4) is 0 Å². The minimum absolute atomic E-state index is 0.130. The first kappa shape index (κ1) is 24.0. The number of anilines is 2. The number of nitrogens with zero attached hydrogens (tertiary/aromatic N) is 4. The van der Waals surface area contributed by atoms with Crippen LogP contribution < -0.4 is 10.2 Å². The Morgan fingerprint density at radius 3 is 2.18 bits per heavy atom. The molecule has 8 nitrogen and oxygen atoms in total. The summed E-state index contributed by atoms with van der Waals surface area (Å²) in [6, 6.07) is 11.7. The van der Waals surface area contributed by atoms with E-state index >= 15 is 0 Å². The van der Waals surface area contributed by atoms with E-state index in [0.717, 1.165) is 31.9 Å². The molecule has 2 aromatic rings.